The molecule has 136 valence electrons. The van der Waals surface area contributed by atoms with Crippen molar-refractivity contribution in [2.75, 3.05) is 0 Å². The topological polar surface area (TPSA) is 20.2 Å². The molecule has 0 fully saturated rings. The van der Waals surface area contributed by atoms with Crippen LogP contribution >= 0.6 is 0 Å². The second-order valence-corrected chi connectivity index (χ2v) is 7.15. The number of rotatable bonds is 13. The van der Waals surface area contributed by atoms with E-state index in [1.807, 2.05) is 18.2 Å². The third-order valence-corrected chi connectivity index (χ3v) is 5.00. The summed E-state index contributed by atoms with van der Waals surface area (Å²) in [5.74, 6) is 0.453. The van der Waals surface area contributed by atoms with Crippen molar-refractivity contribution in [2.45, 2.75) is 77.0 Å². The van der Waals surface area contributed by atoms with Crippen LogP contribution in [0.15, 0.2) is 54.6 Å². The van der Waals surface area contributed by atoms with Crippen LogP contribution < -0.4 is 0 Å². The van der Waals surface area contributed by atoms with E-state index in [1.165, 1.54) is 76.2 Å². The normalized spacial score (nSPS) is 10.9. The molecule has 2 rings (SSSR count). The van der Waals surface area contributed by atoms with Gasteiger partial charge in [-0.3, -0.25) is 0 Å². The van der Waals surface area contributed by atoms with Crippen LogP contribution in [0.3, 0.4) is 0 Å². The lowest BCUT2D eigenvalue weighted by Crippen LogP contribution is -1.88. The van der Waals surface area contributed by atoms with Gasteiger partial charge in [-0.2, -0.15) is 0 Å². The van der Waals surface area contributed by atoms with Crippen molar-refractivity contribution in [3.8, 4) is 5.75 Å². The smallest absolute Gasteiger partial charge is 0.118 e. The van der Waals surface area contributed by atoms with Gasteiger partial charge in [0.15, 0.2) is 0 Å². The Morgan fingerprint density at radius 3 is 1.56 bits per heavy atom. The molecule has 2 aromatic rings. The number of phenols is 1. The molecule has 0 amide bonds. The van der Waals surface area contributed by atoms with Gasteiger partial charge in [0.25, 0.3) is 0 Å². The molecule has 1 nitrogen and oxygen atoms in total. The quantitative estimate of drug-likeness (QED) is 0.387. The fourth-order valence-electron chi connectivity index (χ4n) is 3.43. The molecule has 0 aliphatic heterocycles. The van der Waals surface area contributed by atoms with Crippen LogP contribution in [0.2, 0.25) is 0 Å². The van der Waals surface area contributed by atoms with Crippen LogP contribution in [-0.4, -0.2) is 5.11 Å². The van der Waals surface area contributed by atoms with Crippen molar-refractivity contribution in [2.24, 2.45) is 0 Å². The first-order valence-electron chi connectivity index (χ1n) is 10.2. The van der Waals surface area contributed by atoms with Gasteiger partial charge in [0.2, 0.25) is 0 Å². The lowest BCUT2D eigenvalue weighted by molar-refractivity contribution is 0.466. The summed E-state index contributed by atoms with van der Waals surface area (Å²) < 4.78 is 0. The van der Waals surface area contributed by atoms with Crippen molar-refractivity contribution >= 4 is 0 Å². The Morgan fingerprint density at radius 2 is 0.960 bits per heavy atom. The highest BCUT2D eigenvalue weighted by molar-refractivity contribution is 5.31. The summed E-state index contributed by atoms with van der Waals surface area (Å²) in [4.78, 5) is 0. The Bertz CT molecular complexity index is 561. The van der Waals surface area contributed by atoms with Crippen molar-refractivity contribution < 1.29 is 5.11 Å². The maximum Gasteiger partial charge on any atom is 0.118 e. The SMILES string of the molecule is Oc1ccccc1CCCCCCCCCCCCc1ccccc1. The lowest BCUT2D eigenvalue weighted by atomic mass is 10.0. The maximum absolute atomic E-state index is 9.74. The highest BCUT2D eigenvalue weighted by atomic mass is 16.3. The van der Waals surface area contributed by atoms with E-state index in [-0.39, 0.29) is 0 Å². The molecule has 2 aromatic carbocycles. The summed E-state index contributed by atoms with van der Waals surface area (Å²) in [6.07, 6.45) is 15.7. The van der Waals surface area contributed by atoms with Gasteiger partial charge in [-0.25, -0.2) is 0 Å². The molecule has 1 heteroatoms. The largest absolute Gasteiger partial charge is 0.508 e. The Kier molecular flexibility index (Phi) is 9.84. The zero-order valence-electron chi connectivity index (χ0n) is 15.6. The van der Waals surface area contributed by atoms with Gasteiger partial charge in [0, 0.05) is 0 Å². The molecule has 0 bridgehead atoms. The molecule has 0 atom stereocenters. The number of unbranched alkanes of at least 4 members (excludes halogenated alkanes) is 9. The lowest BCUT2D eigenvalue weighted by Gasteiger charge is -2.05. The van der Waals surface area contributed by atoms with E-state index in [0.717, 1.165) is 12.0 Å². The minimum absolute atomic E-state index is 0.453. The zero-order chi connectivity index (χ0) is 17.6. The summed E-state index contributed by atoms with van der Waals surface area (Å²) in [7, 11) is 0. The minimum atomic E-state index is 0.453. The van der Waals surface area contributed by atoms with Gasteiger partial charge >= 0.3 is 0 Å². The molecule has 0 radical (unpaired) electrons. The molecule has 0 unspecified atom stereocenters. The van der Waals surface area contributed by atoms with Crippen LogP contribution in [0.25, 0.3) is 0 Å². The summed E-state index contributed by atoms with van der Waals surface area (Å²) in [5, 5.41) is 9.74. The number of hydrogen-bond acceptors (Lipinski definition) is 1. The van der Waals surface area contributed by atoms with Crippen LogP contribution in [0.4, 0.5) is 0 Å². The highest BCUT2D eigenvalue weighted by Gasteiger charge is 1.99. The molecule has 0 aromatic heterocycles. The Balaban J connectivity index is 1.35. The van der Waals surface area contributed by atoms with Crippen LogP contribution in [0, 0.1) is 0 Å². The standard InChI is InChI=1S/C24H34O/c25-24-21-15-14-20-23(24)19-13-8-6-4-2-1-3-5-7-10-16-22-17-11-9-12-18-22/h9,11-12,14-15,17-18,20-21,25H,1-8,10,13,16,19H2. The van der Waals surface area contributed by atoms with Crippen molar-refractivity contribution in [1.29, 1.82) is 0 Å². The van der Waals surface area contributed by atoms with E-state index in [2.05, 4.69) is 30.3 Å². The van der Waals surface area contributed by atoms with Gasteiger partial charge in [-0.05, 0) is 42.9 Å². The van der Waals surface area contributed by atoms with Crippen molar-refractivity contribution in [3.63, 3.8) is 0 Å². The third-order valence-electron chi connectivity index (χ3n) is 5.00. The predicted molar refractivity (Wildman–Crippen MR) is 108 cm³/mol. The molecule has 0 spiro atoms. The Morgan fingerprint density at radius 1 is 0.480 bits per heavy atom. The molecule has 0 saturated heterocycles. The highest BCUT2D eigenvalue weighted by Crippen LogP contribution is 2.19. The van der Waals surface area contributed by atoms with E-state index in [0.29, 0.717) is 5.75 Å². The first-order chi connectivity index (χ1) is 12.4. The monoisotopic (exact) mass is 338 g/mol. The molecule has 0 saturated carbocycles. The molecule has 1 N–H and O–H groups in total. The van der Waals surface area contributed by atoms with Crippen molar-refractivity contribution in [3.05, 3.63) is 65.7 Å². The minimum Gasteiger partial charge on any atom is -0.508 e. The summed E-state index contributed by atoms with van der Waals surface area (Å²) in [6.45, 7) is 0. The number of benzene rings is 2. The number of phenolic OH excluding ortho intramolecular Hbond substituents is 1. The van der Waals surface area contributed by atoms with Crippen LogP contribution in [-0.2, 0) is 12.8 Å². The average Bonchev–Trinajstić information content (AvgIpc) is 2.65. The first kappa shape index (κ1) is 19.6. The van der Waals surface area contributed by atoms with E-state index < -0.39 is 0 Å². The van der Waals surface area contributed by atoms with Crippen molar-refractivity contribution in [1.82, 2.24) is 0 Å². The van der Waals surface area contributed by atoms with Gasteiger partial charge < -0.3 is 5.11 Å². The molecular formula is C24H34O. The molecular weight excluding hydrogens is 304 g/mol. The number of aromatic hydroxyl groups is 1. The van der Waals surface area contributed by atoms with E-state index in [1.54, 1.807) is 6.07 Å². The summed E-state index contributed by atoms with van der Waals surface area (Å²) >= 11 is 0. The van der Waals surface area contributed by atoms with Crippen LogP contribution in [0.1, 0.15) is 75.3 Å². The van der Waals surface area contributed by atoms with Gasteiger partial charge in [0.1, 0.15) is 5.75 Å². The predicted octanol–water partition coefficient (Wildman–Crippen LogP) is 7.08. The average molecular weight is 339 g/mol. The number of hydrogen-bond donors (Lipinski definition) is 1. The van der Waals surface area contributed by atoms with E-state index in [4.69, 9.17) is 0 Å². The third kappa shape index (κ3) is 8.77. The van der Waals surface area contributed by atoms with E-state index in [9.17, 15) is 5.11 Å². The molecule has 0 aliphatic carbocycles. The van der Waals surface area contributed by atoms with Gasteiger partial charge in [-0.1, -0.05) is 99.9 Å². The number of para-hydroxylation sites is 1. The molecule has 0 heterocycles. The fourth-order valence-corrected chi connectivity index (χ4v) is 3.43. The summed E-state index contributed by atoms with van der Waals surface area (Å²) in [5.41, 5.74) is 2.57. The second kappa shape index (κ2) is 12.6. The van der Waals surface area contributed by atoms with E-state index >= 15 is 0 Å². The zero-order valence-corrected chi connectivity index (χ0v) is 15.6. The Labute approximate surface area is 154 Å². The molecule has 25 heavy (non-hydrogen) atoms. The summed E-state index contributed by atoms with van der Waals surface area (Å²) in [6, 6.07) is 18.6. The number of aryl methyl sites for hydroxylation is 2. The molecule has 0 aliphatic rings. The Hall–Kier alpha value is -1.76. The first-order valence-corrected chi connectivity index (χ1v) is 10.2. The van der Waals surface area contributed by atoms with Gasteiger partial charge in [0.05, 0.1) is 0 Å². The maximum atomic E-state index is 9.74. The second-order valence-electron chi connectivity index (χ2n) is 7.15. The van der Waals surface area contributed by atoms with Crippen LogP contribution in [0.5, 0.6) is 5.75 Å². The van der Waals surface area contributed by atoms with Gasteiger partial charge in [-0.15, -0.1) is 0 Å². The fraction of sp³-hybridized carbons (Fsp3) is 0.500.